The molecule has 1 heterocycles. The van der Waals surface area contributed by atoms with Crippen LogP contribution in [0.3, 0.4) is 0 Å². The fourth-order valence-corrected chi connectivity index (χ4v) is 1.89. The fourth-order valence-electron chi connectivity index (χ4n) is 1.89. The van der Waals surface area contributed by atoms with Gasteiger partial charge in [-0.05, 0) is 0 Å². The predicted molar refractivity (Wildman–Crippen MR) is 74.3 cm³/mol. The van der Waals surface area contributed by atoms with Crippen LogP contribution in [0.15, 0.2) is 34.9 Å². The topological polar surface area (TPSA) is 149 Å². The van der Waals surface area contributed by atoms with Gasteiger partial charge in [0, 0.05) is 17.7 Å². The maximum atomic E-state index is 11.9. The number of carbonyl (C=O) groups excluding carboxylic acids is 1. The Bertz CT molecular complexity index is 796. The van der Waals surface area contributed by atoms with Crippen molar-refractivity contribution < 1.29 is 9.72 Å². The van der Waals surface area contributed by atoms with Gasteiger partial charge in [0.25, 0.3) is 11.6 Å². The third-order valence-electron chi connectivity index (χ3n) is 2.80. The largest absolute Gasteiger partial charge is 0.385 e. The summed E-state index contributed by atoms with van der Waals surface area (Å²) in [5, 5.41) is 33.6. The molecule has 1 amide bonds. The van der Waals surface area contributed by atoms with Crippen LogP contribution in [-0.2, 0) is 4.79 Å². The number of non-ortho nitro benzene ring substituents is 1. The molecule has 0 spiro atoms. The van der Waals surface area contributed by atoms with Gasteiger partial charge in [0.2, 0.25) is 0 Å². The summed E-state index contributed by atoms with van der Waals surface area (Å²) in [6.07, 6.45) is -0.150. The number of carbonyl (C=O) groups is 1. The van der Waals surface area contributed by atoms with E-state index in [-0.39, 0.29) is 29.2 Å². The first kappa shape index (κ1) is 14.7. The zero-order valence-corrected chi connectivity index (χ0v) is 11.1. The Hall–Kier alpha value is -3.72. The Morgan fingerprint density at radius 1 is 1.41 bits per heavy atom. The number of benzene rings is 1. The van der Waals surface area contributed by atoms with Gasteiger partial charge in [-0.25, -0.2) is 0 Å². The summed E-state index contributed by atoms with van der Waals surface area (Å²) in [7, 11) is 0. The average Bonchev–Trinajstić information content (AvgIpc) is 2.83. The highest BCUT2D eigenvalue weighted by Crippen LogP contribution is 2.29. The first-order valence-corrected chi connectivity index (χ1v) is 5.93. The van der Waals surface area contributed by atoms with Crippen molar-refractivity contribution in [3.63, 3.8) is 0 Å². The second-order valence-electron chi connectivity index (χ2n) is 4.23. The van der Waals surface area contributed by atoms with Crippen LogP contribution < -0.4 is 5.73 Å². The van der Waals surface area contributed by atoms with Crippen molar-refractivity contribution in [2.75, 3.05) is 0 Å². The second kappa shape index (κ2) is 5.73. The molecule has 0 atom stereocenters. The molecule has 108 valence electrons. The molecule has 1 aliphatic rings. The summed E-state index contributed by atoms with van der Waals surface area (Å²) >= 11 is 0. The number of allylic oxidation sites excluding steroid dienone is 1. The molecule has 0 saturated heterocycles. The van der Waals surface area contributed by atoms with Gasteiger partial charge in [-0.1, -0.05) is 12.1 Å². The van der Waals surface area contributed by atoms with Crippen molar-refractivity contribution in [2.24, 2.45) is 10.8 Å². The van der Waals surface area contributed by atoms with E-state index in [1.54, 1.807) is 12.1 Å². The Balaban J connectivity index is 2.67. The number of hydrogen-bond acceptors (Lipinski definition) is 7. The maximum absolute atomic E-state index is 11.9. The molecule has 0 saturated carbocycles. The maximum Gasteiger partial charge on any atom is 0.270 e. The van der Waals surface area contributed by atoms with Gasteiger partial charge in [-0.2, -0.15) is 20.6 Å². The van der Waals surface area contributed by atoms with Crippen molar-refractivity contribution in [3.05, 3.63) is 45.5 Å². The highest BCUT2D eigenvalue weighted by molar-refractivity contribution is 6.07. The lowest BCUT2D eigenvalue weighted by Gasteiger charge is -2.16. The van der Waals surface area contributed by atoms with Crippen molar-refractivity contribution in [1.82, 2.24) is 5.01 Å². The number of nitriles is 2. The van der Waals surface area contributed by atoms with Crippen LogP contribution in [0.5, 0.6) is 0 Å². The van der Waals surface area contributed by atoms with Gasteiger partial charge >= 0.3 is 0 Å². The van der Waals surface area contributed by atoms with Gasteiger partial charge in [0.1, 0.15) is 23.7 Å². The monoisotopic (exact) mass is 296 g/mol. The van der Waals surface area contributed by atoms with E-state index >= 15 is 0 Å². The Kier molecular flexibility index (Phi) is 3.82. The van der Waals surface area contributed by atoms with Crippen LogP contribution in [0.25, 0.3) is 5.70 Å². The Morgan fingerprint density at radius 2 is 2.09 bits per heavy atom. The van der Waals surface area contributed by atoms with Crippen LogP contribution in [0.2, 0.25) is 0 Å². The van der Waals surface area contributed by atoms with Crippen LogP contribution in [0.4, 0.5) is 5.69 Å². The van der Waals surface area contributed by atoms with E-state index in [1.165, 1.54) is 18.2 Å². The molecule has 1 aliphatic heterocycles. The van der Waals surface area contributed by atoms with Crippen LogP contribution in [-0.4, -0.2) is 21.7 Å². The minimum Gasteiger partial charge on any atom is -0.385 e. The number of rotatable bonds is 3. The SMILES string of the molecule is N#CC(C#N)=C(c1cccc([N+](=O)[O-])c1)N1N=C(N)CC1=O. The number of nitro benzene ring substituents is 1. The molecular weight excluding hydrogens is 288 g/mol. The lowest BCUT2D eigenvalue weighted by Crippen LogP contribution is -2.20. The Morgan fingerprint density at radius 3 is 2.59 bits per heavy atom. The van der Waals surface area contributed by atoms with E-state index in [0.29, 0.717) is 0 Å². The molecule has 0 aromatic heterocycles. The van der Waals surface area contributed by atoms with E-state index in [9.17, 15) is 14.9 Å². The molecule has 22 heavy (non-hydrogen) atoms. The smallest absolute Gasteiger partial charge is 0.270 e. The first-order valence-electron chi connectivity index (χ1n) is 5.93. The third kappa shape index (κ3) is 2.59. The molecule has 9 heteroatoms. The molecule has 0 aliphatic carbocycles. The lowest BCUT2D eigenvalue weighted by molar-refractivity contribution is -0.384. The summed E-state index contributed by atoms with van der Waals surface area (Å²) < 4.78 is 0. The van der Waals surface area contributed by atoms with Crippen molar-refractivity contribution in [3.8, 4) is 12.1 Å². The van der Waals surface area contributed by atoms with Crippen molar-refractivity contribution >= 4 is 23.1 Å². The fraction of sp³-hybridized carbons (Fsp3) is 0.0769. The molecule has 9 nitrogen and oxygen atoms in total. The number of nitro groups is 1. The van der Waals surface area contributed by atoms with E-state index in [2.05, 4.69) is 5.10 Å². The summed E-state index contributed by atoms with van der Waals surface area (Å²) in [6, 6.07) is 8.54. The molecule has 0 bridgehead atoms. The van der Waals surface area contributed by atoms with E-state index in [1.807, 2.05) is 0 Å². The van der Waals surface area contributed by atoms with Gasteiger partial charge in [0.05, 0.1) is 11.3 Å². The summed E-state index contributed by atoms with van der Waals surface area (Å²) in [5.74, 6) is -0.495. The van der Waals surface area contributed by atoms with Crippen molar-refractivity contribution in [1.29, 1.82) is 10.5 Å². The second-order valence-corrected chi connectivity index (χ2v) is 4.23. The molecule has 0 radical (unpaired) electrons. The number of amidine groups is 1. The minimum absolute atomic E-state index is 0.0307. The van der Waals surface area contributed by atoms with Crippen LogP contribution in [0.1, 0.15) is 12.0 Å². The lowest BCUT2D eigenvalue weighted by atomic mass is 10.1. The standard InChI is InChI=1S/C13H8N6O3/c14-6-9(7-15)13(18-12(20)5-11(16)17-18)8-2-1-3-10(4-8)19(21)22/h1-4H,5H2,(H2,16,17). The summed E-state index contributed by atoms with van der Waals surface area (Å²) in [6.45, 7) is 0. The number of amides is 1. The highest BCUT2D eigenvalue weighted by atomic mass is 16.6. The third-order valence-corrected chi connectivity index (χ3v) is 2.80. The number of hydrazone groups is 1. The number of hydrogen-bond donors (Lipinski definition) is 1. The number of nitrogens with zero attached hydrogens (tertiary/aromatic N) is 5. The van der Waals surface area contributed by atoms with E-state index in [4.69, 9.17) is 16.3 Å². The molecule has 2 N–H and O–H groups in total. The minimum atomic E-state index is -0.622. The van der Waals surface area contributed by atoms with E-state index < -0.39 is 16.4 Å². The summed E-state index contributed by atoms with van der Waals surface area (Å²) in [4.78, 5) is 22.1. The number of nitrogens with two attached hydrogens (primary N) is 1. The molecule has 1 aromatic carbocycles. The van der Waals surface area contributed by atoms with Crippen molar-refractivity contribution in [2.45, 2.75) is 6.42 Å². The van der Waals surface area contributed by atoms with Gasteiger partial charge in [-0.3, -0.25) is 14.9 Å². The molecule has 0 unspecified atom stereocenters. The van der Waals surface area contributed by atoms with Gasteiger partial charge < -0.3 is 5.73 Å². The van der Waals surface area contributed by atoms with Gasteiger partial charge in [-0.15, -0.1) is 0 Å². The highest BCUT2D eigenvalue weighted by Gasteiger charge is 2.29. The quantitative estimate of drug-likeness (QED) is 0.496. The zero-order chi connectivity index (χ0) is 16.3. The molecule has 0 fully saturated rings. The average molecular weight is 296 g/mol. The Labute approximate surface area is 124 Å². The predicted octanol–water partition coefficient (Wildman–Crippen LogP) is 0.858. The van der Waals surface area contributed by atoms with Crippen LogP contribution in [0, 0.1) is 32.8 Å². The molecule has 2 rings (SSSR count). The zero-order valence-electron chi connectivity index (χ0n) is 11.1. The molecular formula is C13H8N6O3. The molecule has 1 aromatic rings. The van der Waals surface area contributed by atoms with Crippen LogP contribution >= 0.6 is 0 Å². The normalized spacial score (nSPS) is 13.1. The summed E-state index contributed by atoms with van der Waals surface area (Å²) in [5.41, 5.74) is 4.87. The van der Waals surface area contributed by atoms with Gasteiger partial charge in [0.15, 0.2) is 5.57 Å². The van der Waals surface area contributed by atoms with E-state index in [0.717, 1.165) is 11.1 Å². The first-order chi connectivity index (χ1) is 10.5.